The fraction of sp³-hybridized carbons (Fsp3) is 0.274. The molecule has 3 aliphatic heterocycles. The van der Waals surface area contributed by atoms with Crippen LogP contribution in [0.5, 0.6) is 17.2 Å². The van der Waals surface area contributed by atoms with Crippen molar-refractivity contribution in [2.24, 2.45) is 5.41 Å². The lowest BCUT2D eigenvalue weighted by molar-refractivity contribution is -0.141. The number of carbonyl (C=O) groups excluding carboxylic acids is 7. The van der Waals surface area contributed by atoms with Crippen LogP contribution < -0.4 is 40.6 Å². The van der Waals surface area contributed by atoms with Crippen LogP contribution in [0.15, 0.2) is 268 Å². The lowest BCUT2D eigenvalue weighted by atomic mass is 9.75. The number of allylic oxidation sites excluding steroid dienone is 2. The van der Waals surface area contributed by atoms with E-state index in [2.05, 4.69) is 59.6 Å². The number of dihydropyridines is 1. The van der Waals surface area contributed by atoms with Gasteiger partial charge in [-0.1, -0.05) is 187 Å². The van der Waals surface area contributed by atoms with Gasteiger partial charge in [-0.15, -0.1) is 11.3 Å². The van der Waals surface area contributed by atoms with Crippen molar-refractivity contribution in [2.75, 3.05) is 32.3 Å². The smallest absolute Gasteiger partial charge is 0.341 e. The highest BCUT2D eigenvalue weighted by molar-refractivity contribution is 9.10. The number of nitrogens with zero attached hydrogens (tertiary/aromatic N) is 5. The number of methoxy groups -OCH3 is 2. The molecule has 6 N–H and O–H groups in total. The zero-order valence-corrected chi connectivity index (χ0v) is 78.2. The molecular weight excluding hydrogens is 1770 g/mol. The van der Waals surface area contributed by atoms with Crippen molar-refractivity contribution in [3.8, 4) is 39.2 Å². The number of anilines is 1. The number of carboxylic acid groups (broad SMARTS) is 2. The summed E-state index contributed by atoms with van der Waals surface area (Å²) in [5.41, 5.74) is 9.64. The van der Waals surface area contributed by atoms with Gasteiger partial charge in [-0.3, -0.25) is 42.9 Å². The highest BCUT2D eigenvalue weighted by atomic mass is 79.9. The first-order chi connectivity index (χ1) is 63.5. The Kier molecular flexibility index (Phi) is 28.9. The van der Waals surface area contributed by atoms with E-state index in [-0.39, 0.29) is 94.0 Å². The summed E-state index contributed by atoms with van der Waals surface area (Å²) in [7, 11) is 2.99. The number of fused-ring (bicyclic) bond motifs is 5. The van der Waals surface area contributed by atoms with E-state index >= 15 is 0 Å². The van der Waals surface area contributed by atoms with Crippen LogP contribution in [0.3, 0.4) is 0 Å². The first-order valence-corrected chi connectivity index (χ1v) is 45.5. The topological polar surface area (TPSA) is 334 Å². The Morgan fingerprint density at radius 3 is 2.02 bits per heavy atom. The van der Waals surface area contributed by atoms with Crippen LogP contribution in [0.1, 0.15) is 186 Å². The summed E-state index contributed by atoms with van der Waals surface area (Å²) < 4.78 is 25.5. The summed E-state index contributed by atoms with van der Waals surface area (Å²) in [6.45, 7) is 18.7. The van der Waals surface area contributed by atoms with Crippen LogP contribution >= 0.6 is 27.3 Å². The first-order valence-electron chi connectivity index (χ1n) is 43.8. The number of pyridine rings is 1. The minimum atomic E-state index is -1.98. The molecule has 5 aliphatic rings. The molecule has 0 saturated carbocycles. The number of carboxylic acids is 2. The number of thiophene rings is 1. The van der Waals surface area contributed by atoms with Crippen molar-refractivity contribution in [1.29, 1.82) is 0 Å². The number of carbonyl (C=O) groups is 9. The SMILES string of the molecule is CCOC(=O)C1=C(C)NC2=C(C(=O)c3ccccc32)C1c1cc(Br)ccc1OCC(=O)O.COc1ccc(C(=O)CC2(O)C(=O)N(Cc3cccc4ccccc34)c3ccccc32)c(OC)c1.Cc1ccc(-n2c3c(cc(C(=O)NC4CC(C)(C)NC(C)(C)C4)c2=O)C(=O)CC(C)(C)C3)cc1.O=C(O)CCC(=O)N(Cc1ccccc1)Cc1cn(-c2ccccc2)nc1-c1cccs1. The average molecular weight is 1880 g/mol. The number of Topliss-reactive ketones (excluding diaryl/α,β-unsaturated/α-hetero) is 3. The van der Waals surface area contributed by atoms with Crippen LogP contribution in [0.4, 0.5) is 5.69 Å². The van der Waals surface area contributed by atoms with Crippen molar-refractivity contribution in [3.63, 3.8) is 0 Å². The van der Waals surface area contributed by atoms with E-state index in [9.17, 15) is 53.1 Å². The number of aliphatic carboxylic acids is 2. The summed E-state index contributed by atoms with van der Waals surface area (Å²) >= 11 is 5.04. The molecular formula is C106H105BrN8O17S. The number of hydrogen-bond donors (Lipinski definition) is 6. The zero-order valence-electron chi connectivity index (χ0n) is 75.8. The van der Waals surface area contributed by atoms with E-state index in [1.54, 1.807) is 106 Å². The lowest BCUT2D eigenvalue weighted by Crippen LogP contribution is -2.62. The summed E-state index contributed by atoms with van der Waals surface area (Å²) in [4.78, 5) is 133. The van der Waals surface area contributed by atoms with E-state index in [0.717, 1.165) is 67.7 Å². The summed E-state index contributed by atoms with van der Waals surface area (Å²) in [6, 6.07) is 70.8. The van der Waals surface area contributed by atoms with Gasteiger partial charge in [0, 0.05) is 116 Å². The molecule has 0 radical (unpaired) electrons. The normalized spacial score (nSPS) is 16.5. The Balaban J connectivity index is 0.000000143. The second-order valence-electron chi connectivity index (χ2n) is 35.6. The van der Waals surface area contributed by atoms with E-state index in [1.165, 1.54) is 20.3 Å². The molecule has 12 aromatic rings. The molecule has 0 spiro atoms. The molecule has 133 heavy (non-hydrogen) atoms. The van der Waals surface area contributed by atoms with Gasteiger partial charge < -0.3 is 60.0 Å². The minimum Gasteiger partial charge on any atom is -0.497 e. The Morgan fingerprint density at radius 1 is 0.654 bits per heavy atom. The van der Waals surface area contributed by atoms with Crippen molar-refractivity contribution in [1.82, 2.24) is 35.2 Å². The molecule has 27 heteroatoms. The molecule has 1 fully saturated rings. The van der Waals surface area contributed by atoms with Gasteiger partial charge in [-0.25, -0.2) is 14.3 Å². The molecule has 9 aromatic carbocycles. The van der Waals surface area contributed by atoms with Gasteiger partial charge in [0.05, 0.1) is 79.2 Å². The van der Waals surface area contributed by atoms with E-state index in [4.69, 9.17) is 34.3 Å². The quantitative estimate of drug-likeness (QED) is 0.0229. The third-order valence-corrected chi connectivity index (χ3v) is 25.3. The van der Waals surface area contributed by atoms with E-state index in [1.807, 2.05) is 195 Å². The highest BCUT2D eigenvalue weighted by Crippen LogP contribution is 2.51. The van der Waals surface area contributed by atoms with Gasteiger partial charge in [0.25, 0.3) is 17.4 Å². The molecule has 2 atom stereocenters. The van der Waals surface area contributed by atoms with Crippen molar-refractivity contribution >= 4 is 102 Å². The Hall–Kier alpha value is -14.0. The number of ether oxygens (including phenoxy) is 4. The Bertz CT molecular complexity index is 6600. The van der Waals surface area contributed by atoms with Gasteiger partial charge in [0.1, 0.15) is 28.5 Å². The number of para-hydroxylation sites is 2. The number of aromatic nitrogens is 3. The summed E-state index contributed by atoms with van der Waals surface area (Å²) in [5, 5.41) is 48.7. The average Bonchev–Trinajstić information content (AvgIpc) is 1.60. The molecule has 1 saturated heterocycles. The fourth-order valence-corrected chi connectivity index (χ4v) is 19.5. The molecule has 2 unspecified atom stereocenters. The minimum absolute atomic E-state index is 0.0229. The highest BCUT2D eigenvalue weighted by Gasteiger charge is 2.52. The second-order valence-corrected chi connectivity index (χ2v) is 37.5. The van der Waals surface area contributed by atoms with Crippen molar-refractivity contribution in [3.05, 3.63) is 341 Å². The zero-order chi connectivity index (χ0) is 95.0. The number of rotatable bonds is 25. The molecule has 3 amide bonds. The molecule has 2 aliphatic carbocycles. The Morgan fingerprint density at radius 2 is 1.33 bits per heavy atom. The van der Waals surface area contributed by atoms with Gasteiger partial charge >= 0.3 is 17.9 Å². The number of benzene rings is 9. The number of halogens is 1. The van der Waals surface area contributed by atoms with Crippen molar-refractivity contribution < 1.29 is 77.4 Å². The number of aliphatic hydroxyl groups is 1. The number of ketones is 3. The fourth-order valence-electron chi connectivity index (χ4n) is 18.3. The van der Waals surface area contributed by atoms with Crippen LogP contribution in [-0.4, -0.2) is 132 Å². The maximum Gasteiger partial charge on any atom is 0.341 e. The van der Waals surface area contributed by atoms with Gasteiger partial charge in [0.15, 0.2) is 29.6 Å². The predicted octanol–water partition coefficient (Wildman–Crippen LogP) is 18.2. The van der Waals surface area contributed by atoms with Gasteiger partial charge in [-0.2, -0.15) is 5.10 Å². The number of nitrogens with one attached hydrogen (secondary N) is 3. The number of piperidine rings is 1. The van der Waals surface area contributed by atoms with Crippen LogP contribution in [0.2, 0.25) is 0 Å². The maximum absolute atomic E-state index is 13.8. The van der Waals surface area contributed by atoms with Crippen molar-refractivity contribution in [2.45, 2.75) is 156 Å². The van der Waals surface area contributed by atoms with Crippen LogP contribution in [0.25, 0.3) is 38.4 Å². The third-order valence-electron chi connectivity index (χ3n) is 24.0. The standard InChI is InChI=1S/C29H25NO5.C28H37N3O3.C25H23N3O3S.C24H20BrNO6/c1-34-21-14-15-23(27(16-21)35-2)26(31)17-29(33)24-12-5-6-13-25(24)30(28(29)32)18-20-10-7-9-19-8-3-4-11-22(19)20;1-17-8-10-19(11-9-17)31-22-15-26(2,3)16-23(32)20(22)12-21(25(31)34)24(33)29-18-13-27(4,5)30-28(6,7)14-18;29-23(13-14-24(30)31)27(16-19-8-3-1-4-9-19)17-20-18-28(21-10-5-2-6-11-21)26-25(20)22-12-7-15-32-22;1-3-31-24(30)19-12(2)26-22-14-6-4-5-7-15(14)23(29)21(22)20(19)16-10-13(25)8-9-17(16)32-11-18(27)28/h3-16,33H,17-18H2,1-2H3;8-12,18,30H,13-16H2,1-7H3,(H,29,33);1-12,15,18H,13-14,16-17H2,(H,30,31);4-10,20,26H,3,11H2,1-2H3,(H,27,28). The first kappa shape index (κ1) is 95.1. The monoisotopic (exact) mass is 1870 g/mol. The molecule has 17 rings (SSSR count). The van der Waals surface area contributed by atoms with E-state index in [0.29, 0.717) is 98.2 Å². The van der Waals surface area contributed by atoms with Gasteiger partial charge in [-0.05, 0) is 173 Å². The predicted molar refractivity (Wildman–Crippen MR) is 514 cm³/mol. The molecule has 684 valence electrons. The van der Waals surface area contributed by atoms with Gasteiger partial charge in [0.2, 0.25) is 5.91 Å². The third kappa shape index (κ3) is 21.5. The molecule has 0 bridgehead atoms. The lowest BCUT2D eigenvalue weighted by Gasteiger charge is -2.46. The largest absolute Gasteiger partial charge is 0.497 e. The second kappa shape index (κ2) is 40.4. The number of hydrogen-bond acceptors (Lipinski definition) is 19. The molecule has 6 heterocycles. The maximum atomic E-state index is 13.8. The van der Waals surface area contributed by atoms with Crippen LogP contribution in [0, 0.1) is 12.3 Å². The van der Waals surface area contributed by atoms with E-state index < -0.39 is 60.1 Å². The Labute approximate surface area is 783 Å². The summed E-state index contributed by atoms with van der Waals surface area (Å²) in [5.74, 6) is -4.08. The number of esters is 1. The van der Waals surface area contributed by atoms with Crippen LogP contribution in [-0.2, 0) is 60.4 Å². The number of amides is 3. The number of aryl methyl sites for hydroxylation is 1. The summed E-state index contributed by atoms with van der Waals surface area (Å²) in [6.07, 6.45) is 3.82. The molecule has 3 aromatic heterocycles. The molecule has 25 nitrogen and oxygen atoms in total.